The number of nitrogens with zero attached hydrogens (tertiary/aromatic N) is 2. The Morgan fingerprint density at radius 3 is 3.00 bits per heavy atom. The summed E-state index contributed by atoms with van der Waals surface area (Å²) in [5.74, 6) is 0.547. The van der Waals surface area contributed by atoms with Gasteiger partial charge < -0.3 is 9.26 Å². The number of aryl methyl sites for hydroxylation is 1. The van der Waals surface area contributed by atoms with Crippen molar-refractivity contribution in [1.82, 2.24) is 10.1 Å². The smallest absolute Gasteiger partial charge is 0.214 e. The van der Waals surface area contributed by atoms with Crippen LogP contribution >= 0.6 is 15.9 Å². The number of methoxy groups -OCH3 is 1. The molecule has 0 aliphatic heterocycles. The maximum Gasteiger partial charge on any atom is 0.214 e. The maximum absolute atomic E-state index is 5.06. The molecule has 0 bridgehead atoms. The van der Waals surface area contributed by atoms with E-state index in [1.54, 1.807) is 13.2 Å². The average Bonchev–Trinajstić information content (AvgIpc) is 2.48. The van der Waals surface area contributed by atoms with Crippen LogP contribution in [0.25, 0.3) is 11.1 Å². The van der Waals surface area contributed by atoms with Crippen LogP contribution in [0.4, 0.5) is 0 Å². The number of ether oxygens (including phenoxy) is 1. The van der Waals surface area contributed by atoms with E-state index in [4.69, 9.17) is 9.26 Å². The standard InChI is InChI=1S/C8H7BrN2O2/c1-4-7-8(13-11-4)5(9)3-6(10-7)12-2/h3H,1-2H3. The van der Waals surface area contributed by atoms with Crippen molar-refractivity contribution < 1.29 is 9.26 Å². The molecule has 0 amide bonds. The van der Waals surface area contributed by atoms with Crippen molar-refractivity contribution in [2.45, 2.75) is 6.92 Å². The third-order valence-electron chi connectivity index (χ3n) is 1.73. The van der Waals surface area contributed by atoms with Crippen LogP contribution in [0.2, 0.25) is 0 Å². The fourth-order valence-corrected chi connectivity index (χ4v) is 1.53. The monoisotopic (exact) mass is 242 g/mol. The molecule has 0 fully saturated rings. The second-order valence-electron chi connectivity index (χ2n) is 2.59. The highest BCUT2D eigenvalue weighted by atomic mass is 79.9. The van der Waals surface area contributed by atoms with Gasteiger partial charge in [0.15, 0.2) is 5.58 Å². The second kappa shape index (κ2) is 2.99. The van der Waals surface area contributed by atoms with Crippen molar-refractivity contribution in [3.05, 3.63) is 16.2 Å². The van der Waals surface area contributed by atoms with Crippen molar-refractivity contribution in [3.8, 4) is 5.88 Å². The fraction of sp³-hybridized carbons (Fsp3) is 0.250. The first-order chi connectivity index (χ1) is 6.22. The summed E-state index contributed by atoms with van der Waals surface area (Å²) in [6, 6.07) is 1.74. The molecule has 0 radical (unpaired) electrons. The first kappa shape index (κ1) is 8.50. The molecule has 2 rings (SSSR count). The summed E-state index contributed by atoms with van der Waals surface area (Å²) < 4.78 is 10.9. The lowest BCUT2D eigenvalue weighted by Crippen LogP contribution is -1.87. The minimum Gasteiger partial charge on any atom is -0.481 e. The molecule has 2 aromatic rings. The Bertz CT molecular complexity index is 453. The van der Waals surface area contributed by atoms with E-state index in [1.807, 2.05) is 6.92 Å². The second-order valence-corrected chi connectivity index (χ2v) is 3.45. The van der Waals surface area contributed by atoms with Crippen LogP contribution in [0.3, 0.4) is 0 Å². The molecule has 0 saturated heterocycles. The Morgan fingerprint density at radius 2 is 2.31 bits per heavy atom. The Morgan fingerprint density at radius 1 is 1.54 bits per heavy atom. The lowest BCUT2D eigenvalue weighted by Gasteiger charge is -1.98. The number of fused-ring (bicyclic) bond motifs is 1. The molecule has 0 aromatic carbocycles. The molecule has 0 saturated carbocycles. The molecule has 0 N–H and O–H groups in total. The zero-order valence-corrected chi connectivity index (χ0v) is 8.75. The molecular formula is C8H7BrN2O2. The van der Waals surface area contributed by atoms with E-state index in [0.717, 1.165) is 15.7 Å². The molecule has 0 aliphatic carbocycles. The number of halogens is 1. The molecule has 0 atom stereocenters. The minimum absolute atomic E-state index is 0.547. The molecule has 4 nitrogen and oxygen atoms in total. The third kappa shape index (κ3) is 1.29. The van der Waals surface area contributed by atoms with E-state index in [0.29, 0.717) is 11.5 Å². The van der Waals surface area contributed by atoms with Crippen LogP contribution in [0.15, 0.2) is 15.1 Å². The van der Waals surface area contributed by atoms with Crippen molar-refractivity contribution in [2.75, 3.05) is 7.11 Å². The van der Waals surface area contributed by atoms with E-state index < -0.39 is 0 Å². The van der Waals surface area contributed by atoms with Crippen LogP contribution in [0.5, 0.6) is 5.88 Å². The van der Waals surface area contributed by atoms with Gasteiger partial charge in [-0.25, -0.2) is 4.98 Å². The van der Waals surface area contributed by atoms with Gasteiger partial charge in [0, 0.05) is 6.07 Å². The molecule has 68 valence electrons. The minimum atomic E-state index is 0.547. The van der Waals surface area contributed by atoms with Gasteiger partial charge in [0.1, 0.15) is 11.2 Å². The number of rotatable bonds is 1. The largest absolute Gasteiger partial charge is 0.481 e. The number of hydrogen-bond donors (Lipinski definition) is 0. The summed E-state index contributed by atoms with van der Waals surface area (Å²) in [5, 5.41) is 3.81. The van der Waals surface area contributed by atoms with Gasteiger partial charge in [-0.1, -0.05) is 5.16 Å². The van der Waals surface area contributed by atoms with Gasteiger partial charge in [-0.2, -0.15) is 0 Å². The third-order valence-corrected chi connectivity index (χ3v) is 2.32. The first-order valence-electron chi connectivity index (χ1n) is 3.69. The van der Waals surface area contributed by atoms with Gasteiger partial charge in [-0.3, -0.25) is 0 Å². The van der Waals surface area contributed by atoms with Gasteiger partial charge in [0.05, 0.1) is 11.6 Å². The average molecular weight is 243 g/mol. The lowest BCUT2D eigenvalue weighted by atomic mass is 10.3. The Balaban J connectivity index is 2.80. The molecule has 2 aromatic heterocycles. The van der Waals surface area contributed by atoms with Crippen LogP contribution in [0, 0.1) is 6.92 Å². The molecule has 0 aliphatic rings. The molecular weight excluding hydrogens is 236 g/mol. The highest BCUT2D eigenvalue weighted by Crippen LogP contribution is 2.27. The summed E-state index contributed by atoms with van der Waals surface area (Å²) >= 11 is 3.35. The maximum atomic E-state index is 5.06. The highest BCUT2D eigenvalue weighted by Gasteiger charge is 2.11. The Hall–Kier alpha value is -1.10. The van der Waals surface area contributed by atoms with Crippen LogP contribution in [0.1, 0.15) is 5.69 Å². The molecule has 2 heterocycles. The quantitative estimate of drug-likeness (QED) is 0.770. The van der Waals surface area contributed by atoms with E-state index in [1.165, 1.54) is 0 Å². The fourth-order valence-electron chi connectivity index (χ4n) is 1.07. The van der Waals surface area contributed by atoms with E-state index in [9.17, 15) is 0 Å². The van der Waals surface area contributed by atoms with Crippen LogP contribution in [-0.4, -0.2) is 17.3 Å². The van der Waals surface area contributed by atoms with E-state index >= 15 is 0 Å². The molecule has 13 heavy (non-hydrogen) atoms. The van der Waals surface area contributed by atoms with Gasteiger partial charge in [-0.05, 0) is 22.9 Å². The van der Waals surface area contributed by atoms with E-state index in [2.05, 4.69) is 26.1 Å². The lowest BCUT2D eigenvalue weighted by molar-refractivity contribution is 0.398. The molecule has 5 heteroatoms. The molecule has 0 spiro atoms. The predicted octanol–water partition coefficient (Wildman–Crippen LogP) is 2.30. The SMILES string of the molecule is COc1cc(Br)c2onc(C)c2n1. The predicted molar refractivity (Wildman–Crippen MR) is 50.8 cm³/mol. The van der Waals surface area contributed by atoms with Gasteiger partial charge in [0.2, 0.25) is 5.88 Å². The van der Waals surface area contributed by atoms with Gasteiger partial charge in [-0.15, -0.1) is 0 Å². The Kier molecular flexibility index (Phi) is 1.95. The van der Waals surface area contributed by atoms with Crippen LogP contribution in [-0.2, 0) is 0 Å². The number of hydrogen-bond acceptors (Lipinski definition) is 4. The van der Waals surface area contributed by atoms with Crippen LogP contribution < -0.4 is 4.74 Å². The zero-order valence-electron chi connectivity index (χ0n) is 7.17. The first-order valence-corrected chi connectivity index (χ1v) is 4.48. The zero-order chi connectivity index (χ0) is 9.42. The van der Waals surface area contributed by atoms with Crippen molar-refractivity contribution in [2.24, 2.45) is 0 Å². The van der Waals surface area contributed by atoms with Crippen molar-refractivity contribution in [1.29, 1.82) is 0 Å². The normalized spacial score (nSPS) is 10.7. The topological polar surface area (TPSA) is 48.2 Å². The van der Waals surface area contributed by atoms with Crippen molar-refractivity contribution in [3.63, 3.8) is 0 Å². The summed E-state index contributed by atoms with van der Waals surface area (Å²) in [6.45, 7) is 1.84. The van der Waals surface area contributed by atoms with Gasteiger partial charge >= 0.3 is 0 Å². The Labute approximate surface area is 83.0 Å². The van der Waals surface area contributed by atoms with E-state index in [-0.39, 0.29) is 0 Å². The number of aromatic nitrogens is 2. The summed E-state index contributed by atoms with van der Waals surface area (Å²) in [6.07, 6.45) is 0. The highest BCUT2D eigenvalue weighted by molar-refractivity contribution is 9.10. The summed E-state index contributed by atoms with van der Waals surface area (Å²) in [5.41, 5.74) is 2.14. The number of pyridine rings is 1. The van der Waals surface area contributed by atoms with Gasteiger partial charge in [0.25, 0.3) is 0 Å². The molecule has 0 unspecified atom stereocenters. The summed E-state index contributed by atoms with van der Waals surface area (Å²) in [4.78, 5) is 4.21. The summed E-state index contributed by atoms with van der Waals surface area (Å²) in [7, 11) is 1.57. The van der Waals surface area contributed by atoms with Crippen molar-refractivity contribution >= 4 is 27.0 Å².